The molecule has 4 N–H and O–H groups in total. The van der Waals surface area contributed by atoms with Crippen molar-refractivity contribution < 1.29 is 9.53 Å². The minimum absolute atomic E-state index is 0.103. The number of carbonyl (C=O) groups excluding carboxylic acids is 1. The number of nitrogens with two attached hydrogens (primary N) is 1. The number of nitrogens with zero attached hydrogens (tertiary/aromatic N) is 5. The molecule has 1 amide bonds. The molecule has 4 rings (SSSR count). The number of aryl methyl sites for hydroxylation is 2. The fourth-order valence-corrected chi connectivity index (χ4v) is 3.60. The SMILES string of the molecule is COc1nc(NC2CCNCC2)nc(-c2cn3cc(C)nc3c(C)n2)c1C(N)=O. The molecule has 29 heavy (non-hydrogen) atoms. The van der Waals surface area contributed by atoms with Gasteiger partial charge in [-0.3, -0.25) is 4.79 Å². The quantitative estimate of drug-likeness (QED) is 0.583. The zero-order valence-electron chi connectivity index (χ0n) is 16.7. The molecule has 0 aromatic carbocycles. The summed E-state index contributed by atoms with van der Waals surface area (Å²) >= 11 is 0. The Balaban J connectivity index is 1.85. The third-order valence-electron chi connectivity index (χ3n) is 4.96. The van der Waals surface area contributed by atoms with Crippen molar-refractivity contribution in [3.63, 3.8) is 0 Å². The number of amides is 1. The first-order chi connectivity index (χ1) is 14.0. The van der Waals surface area contributed by atoms with Crippen LogP contribution in [0.1, 0.15) is 34.6 Å². The largest absolute Gasteiger partial charge is 0.480 e. The Hall–Kier alpha value is -3.27. The van der Waals surface area contributed by atoms with Crippen LogP contribution in [0.5, 0.6) is 5.88 Å². The van der Waals surface area contributed by atoms with Gasteiger partial charge in [0.2, 0.25) is 11.8 Å². The molecule has 0 aliphatic carbocycles. The zero-order valence-corrected chi connectivity index (χ0v) is 16.7. The summed E-state index contributed by atoms with van der Waals surface area (Å²) in [5.74, 6) is -0.165. The van der Waals surface area contributed by atoms with Crippen molar-refractivity contribution in [2.75, 3.05) is 25.5 Å². The molecule has 3 aromatic heterocycles. The van der Waals surface area contributed by atoms with Crippen LogP contribution in [0, 0.1) is 13.8 Å². The maximum Gasteiger partial charge on any atom is 0.256 e. The molecule has 0 radical (unpaired) electrons. The lowest BCUT2D eigenvalue weighted by atomic mass is 10.1. The van der Waals surface area contributed by atoms with Crippen LogP contribution in [0.3, 0.4) is 0 Å². The van der Waals surface area contributed by atoms with Gasteiger partial charge in [0, 0.05) is 18.4 Å². The molecule has 0 spiro atoms. The Kier molecular flexibility index (Phi) is 5.01. The molecule has 3 aromatic rings. The Bertz CT molecular complexity index is 1070. The predicted molar refractivity (Wildman–Crippen MR) is 108 cm³/mol. The van der Waals surface area contributed by atoms with Gasteiger partial charge in [0.25, 0.3) is 5.91 Å². The Morgan fingerprint density at radius 1 is 1.21 bits per heavy atom. The monoisotopic (exact) mass is 396 g/mol. The molecule has 4 heterocycles. The normalized spacial score (nSPS) is 14.9. The van der Waals surface area contributed by atoms with Crippen molar-refractivity contribution >= 4 is 17.5 Å². The van der Waals surface area contributed by atoms with Gasteiger partial charge >= 0.3 is 0 Å². The minimum Gasteiger partial charge on any atom is -0.480 e. The second kappa shape index (κ2) is 7.63. The topological polar surface area (TPSA) is 132 Å². The number of hydrogen-bond donors (Lipinski definition) is 3. The van der Waals surface area contributed by atoms with E-state index in [2.05, 4.69) is 30.6 Å². The maximum atomic E-state index is 12.2. The van der Waals surface area contributed by atoms with Crippen molar-refractivity contribution in [1.29, 1.82) is 0 Å². The lowest BCUT2D eigenvalue weighted by Crippen LogP contribution is -2.35. The number of aromatic nitrogens is 5. The summed E-state index contributed by atoms with van der Waals surface area (Å²) in [4.78, 5) is 30.3. The highest BCUT2D eigenvalue weighted by molar-refractivity contribution is 6.00. The lowest BCUT2D eigenvalue weighted by molar-refractivity contribution is 0.0997. The molecule has 1 saturated heterocycles. The van der Waals surface area contributed by atoms with E-state index in [-0.39, 0.29) is 17.5 Å². The van der Waals surface area contributed by atoms with Crippen LogP contribution in [-0.2, 0) is 0 Å². The Morgan fingerprint density at radius 2 is 1.97 bits per heavy atom. The molecule has 0 saturated carbocycles. The molecule has 1 aliphatic rings. The average molecular weight is 396 g/mol. The highest BCUT2D eigenvalue weighted by atomic mass is 16.5. The second-order valence-corrected chi connectivity index (χ2v) is 7.14. The number of primary amides is 1. The summed E-state index contributed by atoms with van der Waals surface area (Å²) in [6.45, 7) is 5.63. The number of piperidine rings is 1. The first-order valence-corrected chi connectivity index (χ1v) is 9.52. The van der Waals surface area contributed by atoms with Gasteiger partial charge in [-0.2, -0.15) is 4.98 Å². The van der Waals surface area contributed by atoms with Crippen LogP contribution in [0.2, 0.25) is 0 Å². The van der Waals surface area contributed by atoms with Crippen molar-refractivity contribution in [2.45, 2.75) is 32.7 Å². The Morgan fingerprint density at radius 3 is 2.66 bits per heavy atom. The van der Waals surface area contributed by atoms with Gasteiger partial charge in [-0.05, 0) is 39.8 Å². The van der Waals surface area contributed by atoms with Crippen molar-refractivity contribution in [3.05, 3.63) is 29.3 Å². The number of methoxy groups -OCH3 is 1. The summed E-state index contributed by atoms with van der Waals surface area (Å²) in [7, 11) is 1.45. The number of rotatable bonds is 5. The number of hydrogen-bond acceptors (Lipinski definition) is 8. The van der Waals surface area contributed by atoms with Crippen LogP contribution in [-0.4, -0.2) is 56.5 Å². The second-order valence-electron chi connectivity index (χ2n) is 7.14. The first-order valence-electron chi connectivity index (χ1n) is 9.52. The van der Waals surface area contributed by atoms with Crippen LogP contribution in [0.4, 0.5) is 5.95 Å². The van der Waals surface area contributed by atoms with Gasteiger partial charge in [0.15, 0.2) is 5.65 Å². The van der Waals surface area contributed by atoms with E-state index in [1.165, 1.54) is 7.11 Å². The van der Waals surface area contributed by atoms with Crippen LogP contribution >= 0.6 is 0 Å². The molecule has 0 bridgehead atoms. The van der Waals surface area contributed by atoms with Gasteiger partial charge in [-0.15, -0.1) is 0 Å². The standard InChI is InChI=1S/C19H24N8O2/c1-10-8-27-9-13(23-11(2)17(27)22-10)15-14(16(20)28)18(29-3)26-19(25-15)24-12-4-6-21-7-5-12/h8-9,12,21H,4-7H2,1-3H3,(H2,20,28)(H,24,25,26). The highest BCUT2D eigenvalue weighted by Gasteiger charge is 2.24. The van der Waals surface area contributed by atoms with Crippen LogP contribution < -0.4 is 21.1 Å². The first kappa shape index (κ1) is 19.1. The summed E-state index contributed by atoms with van der Waals surface area (Å²) in [5.41, 5.74) is 8.91. The van der Waals surface area contributed by atoms with Gasteiger partial charge in [-0.1, -0.05) is 0 Å². The smallest absolute Gasteiger partial charge is 0.256 e. The fraction of sp³-hybridized carbons (Fsp3) is 0.421. The van der Waals surface area contributed by atoms with Gasteiger partial charge < -0.3 is 25.5 Å². The third-order valence-corrected chi connectivity index (χ3v) is 4.96. The van der Waals surface area contributed by atoms with Crippen LogP contribution in [0.15, 0.2) is 12.4 Å². The van der Waals surface area contributed by atoms with Crippen molar-refractivity contribution in [1.82, 2.24) is 29.7 Å². The van der Waals surface area contributed by atoms with E-state index in [1.54, 1.807) is 6.20 Å². The summed E-state index contributed by atoms with van der Waals surface area (Å²) in [5, 5.41) is 6.67. The fourth-order valence-electron chi connectivity index (χ4n) is 3.60. The average Bonchev–Trinajstić information content (AvgIpc) is 3.08. The molecule has 0 atom stereocenters. The molecule has 152 valence electrons. The number of fused-ring (bicyclic) bond motifs is 1. The number of carbonyl (C=O) groups is 1. The molecule has 0 unspecified atom stereocenters. The molecular weight excluding hydrogens is 372 g/mol. The van der Waals surface area contributed by atoms with E-state index in [0.717, 1.165) is 43.0 Å². The Labute approximate surface area is 167 Å². The van der Waals surface area contributed by atoms with E-state index < -0.39 is 5.91 Å². The molecule has 10 nitrogen and oxygen atoms in total. The number of imidazole rings is 1. The molecular formula is C19H24N8O2. The van der Waals surface area contributed by atoms with Gasteiger partial charge in [0.1, 0.15) is 17.0 Å². The van der Waals surface area contributed by atoms with E-state index in [1.807, 2.05) is 24.4 Å². The predicted octanol–water partition coefficient (Wildman–Crippen LogP) is 1.07. The molecule has 10 heteroatoms. The van der Waals surface area contributed by atoms with E-state index >= 15 is 0 Å². The maximum absolute atomic E-state index is 12.2. The van der Waals surface area contributed by atoms with E-state index in [9.17, 15) is 4.79 Å². The van der Waals surface area contributed by atoms with E-state index in [4.69, 9.17) is 10.5 Å². The van der Waals surface area contributed by atoms with Gasteiger partial charge in [-0.25, -0.2) is 15.0 Å². The minimum atomic E-state index is -0.674. The summed E-state index contributed by atoms with van der Waals surface area (Å²) in [6, 6.07) is 0.238. The van der Waals surface area contributed by atoms with Crippen molar-refractivity contribution in [2.24, 2.45) is 5.73 Å². The zero-order chi connectivity index (χ0) is 20.5. The van der Waals surface area contributed by atoms with Crippen molar-refractivity contribution in [3.8, 4) is 17.3 Å². The summed E-state index contributed by atoms with van der Waals surface area (Å²) in [6.07, 6.45) is 5.58. The van der Waals surface area contributed by atoms with Gasteiger partial charge in [0.05, 0.1) is 18.5 Å². The number of ether oxygens (including phenoxy) is 1. The summed E-state index contributed by atoms with van der Waals surface area (Å²) < 4.78 is 7.24. The number of nitrogens with one attached hydrogen (secondary N) is 2. The molecule has 1 aliphatic heterocycles. The van der Waals surface area contributed by atoms with E-state index in [0.29, 0.717) is 17.3 Å². The number of anilines is 1. The van der Waals surface area contributed by atoms with Crippen LogP contribution in [0.25, 0.3) is 17.0 Å². The lowest BCUT2D eigenvalue weighted by Gasteiger charge is -2.24. The molecule has 1 fully saturated rings. The highest BCUT2D eigenvalue weighted by Crippen LogP contribution is 2.29. The third kappa shape index (κ3) is 3.70.